The minimum Gasteiger partial charge on any atom is -0.380 e. The molecule has 1 N–H and O–H groups in total. The minimum atomic E-state index is 0.0804. The van der Waals surface area contributed by atoms with Crippen molar-refractivity contribution in [2.24, 2.45) is 5.92 Å². The molecular weight excluding hydrogens is 176 g/mol. The van der Waals surface area contributed by atoms with E-state index < -0.39 is 0 Å². The Hall–Kier alpha value is -0.990. The lowest BCUT2D eigenvalue weighted by Gasteiger charge is -2.39. The number of nitrogens with zero attached hydrogens (tertiary/aromatic N) is 1. The zero-order valence-corrected chi connectivity index (χ0v) is 8.92. The summed E-state index contributed by atoms with van der Waals surface area (Å²) >= 11 is 0. The lowest BCUT2D eigenvalue weighted by Crippen LogP contribution is -2.48. The molecule has 0 aromatic rings. The van der Waals surface area contributed by atoms with Crippen LogP contribution < -0.4 is 5.32 Å². The Bertz CT molecular complexity index is 270. The highest BCUT2D eigenvalue weighted by atomic mass is 16.1. The van der Waals surface area contributed by atoms with E-state index in [-0.39, 0.29) is 5.91 Å². The van der Waals surface area contributed by atoms with Crippen molar-refractivity contribution in [3.05, 3.63) is 11.8 Å². The van der Waals surface area contributed by atoms with Gasteiger partial charge in [-0.25, -0.2) is 0 Å². The molecule has 1 saturated carbocycles. The van der Waals surface area contributed by atoms with Crippen LogP contribution >= 0.6 is 0 Å². The van der Waals surface area contributed by atoms with E-state index >= 15 is 0 Å². The van der Waals surface area contributed by atoms with Crippen LogP contribution in [0.25, 0.3) is 0 Å². The van der Waals surface area contributed by atoms with Crippen LogP contribution in [0.2, 0.25) is 0 Å². The molecule has 1 aliphatic carbocycles. The van der Waals surface area contributed by atoms with Gasteiger partial charge in [0, 0.05) is 37.8 Å². The zero-order chi connectivity index (χ0) is 10.1. The van der Waals surface area contributed by atoms with Crippen molar-refractivity contribution >= 4 is 5.91 Å². The fraction of sp³-hybridized carbons (Fsp3) is 0.727. The van der Waals surface area contributed by atoms with Crippen LogP contribution in [0.3, 0.4) is 0 Å². The van der Waals surface area contributed by atoms with E-state index in [2.05, 4.69) is 10.2 Å². The molecule has 2 unspecified atom stereocenters. The van der Waals surface area contributed by atoms with Crippen molar-refractivity contribution in [2.45, 2.75) is 31.7 Å². The summed E-state index contributed by atoms with van der Waals surface area (Å²) in [7, 11) is 4.05. The van der Waals surface area contributed by atoms with Gasteiger partial charge in [-0.05, 0) is 12.8 Å². The molecule has 1 amide bonds. The fourth-order valence-corrected chi connectivity index (χ4v) is 2.58. The Morgan fingerprint density at radius 1 is 1.36 bits per heavy atom. The van der Waals surface area contributed by atoms with E-state index in [0.717, 1.165) is 6.42 Å². The van der Waals surface area contributed by atoms with Crippen LogP contribution in [0.15, 0.2) is 11.8 Å². The van der Waals surface area contributed by atoms with Crippen molar-refractivity contribution < 1.29 is 4.79 Å². The molecule has 3 nitrogen and oxygen atoms in total. The summed E-state index contributed by atoms with van der Waals surface area (Å²) < 4.78 is 0. The van der Waals surface area contributed by atoms with Gasteiger partial charge in [-0.3, -0.25) is 4.79 Å². The van der Waals surface area contributed by atoms with Gasteiger partial charge in [0.2, 0.25) is 5.91 Å². The SMILES string of the molecule is CN(C)C1=CC(=O)NC2CCCCC12. The molecular formula is C11H18N2O. The molecule has 14 heavy (non-hydrogen) atoms. The first-order valence-corrected chi connectivity index (χ1v) is 5.38. The predicted octanol–water partition coefficient (Wildman–Crippen LogP) is 1.12. The van der Waals surface area contributed by atoms with Crippen LogP contribution in [-0.2, 0) is 4.79 Å². The van der Waals surface area contributed by atoms with Crippen LogP contribution in [0.4, 0.5) is 0 Å². The number of carbonyl (C=O) groups excluding carboxylic acids is 1. The number of nitrogens with one attached hydrogen (secondary N) is 1. The zero-order valence-electron chi connectivity index (χ0n) is 8.92. The Balaban J connectivity index is 2.23. The summed E-state index contributed by atoms with van der Waals surface area (Å²) in [5, 5.41) is 3.06. The average Bonchev–Trinajstić information content (AvgIpc) is 2.16. The van der Waals surface area contributed by atoms with Crippen LogP contribution in [-0.4, -0.2) is 30.9 Å². The summed E-state index contributed by atoms with van der Waals surface area (Å²) in [4.78, 5) is 13.5. The molecule has 1 fully saturated rings. The van der Waals surface area contributed by atoms with Crippen LogP contribution in [0, 0.1) is 5.92 Å². The van der Waals surface area contributed by atoms with Crippen LogP contribution in [0.1, 0.15) is 25.7 Å². The number of amides is 1. The molecule has 2 rings (SSSR count). The van der Waals surface area contributed by atoms with Crippen molar-refractivity contribution in [1.29, 1.82) is 0 Å². The lowest BCUT2D eigenvalue weighted by molar-refractivity contribution is -0.118. The van der Waals surface area contributed by atoms with Gasteiger partial charge in [-0.2, -0.15) is 0 Å². The smallest absolute Gasteiger partial charge is 0.245 e. The first-order chi connectivity index (χ1) is 6.68. The van der Waals surface area contributed by atoms with Crippen molar-refractivity contribution in [3.63, 3.8) is 0 Å². The Kier molecular flexibility index (Phi) is 2.48. The number of fused-ring (bicyclic) bond motifs is 1. The van der Waals surface area contributed by atoms with Crippen molar-refractivity contribution in [3.8, 4) is 0 Å². The van der Waals surface area contributed by atoms with Gasteiger partial charge >= 0.3 is 0 Å². The Labute approximate surface area is 85.2 Å². The molecule has 0 aromatic heterocycles. The van der Waals surface area contributed by atoms with E-state index in [9.17, 15) is 4.79 Å². The van der Waals surface area contributed by atoms with E-state index in [4.69, 9.17) is 0 Å². The highest BCUT2D eigenvalue weighted by Crippen LogP contribution is 2.33. The number of hydrogen-bond donors (Lipinski definition) is 1. The first kappa shape index (κ1) is 9.56. The van der Waals surface area contributed by atoms with Gasteiger partial charge in [0.25, 0.3) is 0 Å². The fourth-order valence-electron chi connectivity index (χ4n) is 2.58. The van der Waals surface area contributed by atoms with Gasteiger partial charge in [0.1, 0.15) is 0 Å². The summed E-state index contributed by atoms with van der Waals surface area (Å²) in [6.45, 7) is 0. The second-order valence-corrected chi connectivity index (χ2v) is 4.47. The van der Waals surface area contributed by atoms with E-state index in [1.54, 1.807) is 6.08 Å². The molecule has 0 bridgehead atoms. The normalized spacial score (nSPS) is 31.6. The van der Waals surface area contributed by atoms with Gasteiger partial charge in [-0.15, -0.1) is 0 Å². The highest BCUT2D eigenvalue weighted by Gasteiger charge is 2.33. The minimum absolute atomic E-state index is 0.0804. The number of hydrogen-bond acceptors (Lipinski definition) is 2. The molecule has 3 heteroatoms. The average molecular weight is 194 g/mol. The molecule has 0 aromatic carbocycles. The number of carbonyl (C=O) groups is 1. The molecule has 0 radical (unpaired) electrons. The molecule has 2 aliphatic rings. The largest absolute Gasteiger partial charge is 0.380 e. The molecule has 2 atom stereocenters. The van der Waals surface area contributed by atoms with Crippen molar-refractivity contribution in [1.82, 2.24) is 10.2 Å². The Morgan fingerprint density at radius 3 is 2.79 bits per heavy atom. The third-order valence-corrected chi connectivity index (χ3v) is 3.27. The number of rotatable bonds is 1. The molecule has 0 spiro atoms. The molecule has 1 heterocycles. The lowest BCUT2D eigenvalue weighted by atomic mass is 9.80. The second-order valence-electron chi connectivity index (χ2n) is 4.47. The summed E-state index contributed by atoms with van der Waals surface area (Å²) in [5.74, 6) is 0.633. The Morgan fingerprint density at radius 2 is 2.07 bits per heavy atom. The summed E-state index contributed by atoms with van der Waals surface area (Å²) in [6.07, 6.45) is 6.66. The topological polar surface area (TPSA) is 32.3 Å². The standard InChI is InChI=1S/C11H18N2O/c1-13(2)10-7-11(14)12-9-6-4-3-5-8(9)10/h7-9H,3-6H2,1-2H3,(H,12,14). The van der Waals surface area contributed by atoms with Gasteiger partial charge in [0.15, 0.2) is 0 Å². The van der Waals surface area contributed by atoms with Gasteiger partial charge in [-0.1, -0.05) is 12.8 Å². The third-order valence-electron chi connectivity index (χ3n) is 3.27. The summed E-state index contributed by atoms with van der Waals surface area (Å²) in [6, 6.07) is 0.388. The second kappa shape index (κ2) is 3.64. The van der Waals surface area contributed by atoms with Crippen molar-refractivity contribution in [2.75, 3.05) is 14.1 Å². The summed E-state index contributed by atoms with van der Waals surface area (Å²) in [5.41, 5.74) is 1.21. The quantitative estimate of drug-likeness (QED) is 0.678. The molecule has 78 valence electrons. The van der Waals surface area contributed by atoms with E-state index in [1.165, 1.54) is 25.0 Å². The van der Waals surface area contributed by atoms with E-state index in [0.29, 0.717) is 12.0 Å². The monoisotopic (exact) mass is 194 g/mol. The maximum absolute atomic E-state index is 11.4. The maximum Gasteiger partial charge on any atom is 0.245 e. The maximum atomic E-state index is 11.4. The van der Waals surface area contributed by atoms with Gasteiger partial charge < -0.3 is 10.2 Å². The molecule has 1 aliphatic heterocycles. The predicted molar refractivity (Wildman–Crippen MR) is 55.7 cm³/mol. The first-order valence-electron chi connectivity index (χ1n) is 5.38. The van der Waals surface area contributed by atoms with E-state index in [1.807, 2.05) is 14.1 Å². The van der Waals surface area contributed by atoms with Crippen LogP contribution in [0.5, 0.6) is 0 Å². The molecule has 0 saturated heterocycles. The van der Waals surface area contributed by atoms with Gasteiger partial charge in [0.05, 0.1) is 0 Å². The third kappa shape index (κ3) is 1.63. The highest BCUT2D eigenvalue weighted by molar-refractivity contribution is 5.89.